The largest absolute Gasteiger partial charge is 0.622 e. The summed E-state index contributed by atoms with van der Waals surface area (Å²) in [4.78, 5) is 25.0. The standard InChI is InChI=1S/C9H9BClNO4/c1-12-5-7(13)9(6-12)8(14)15-10(16-9)3-2-4-11/h4-6H2,1H3. The van der Waals surface area contributed by atoms with Gasteiger partial charge >= 0.3 is 13.1 Å². The molecule has 0 amide bonds. The van der Waals surface area contributed by atoms with E-state index in [4.69, 9.17) is 20.9 Å². The Bertz CT molecular complexity index is 404. The molecule has 1 unspecified atom stereocenters. The topological polar surface area (TPSA) is 55.8 Å². The number of carbonyl (C=O) groups excluding carboxylic acids is 2. The maximum atomic E-state index is 11.7. The molecule has 0 bridgehead atoms. The third-order valence-electron chi connectivity index (χ3n) is 2.50. The van der Waals surface area contributed by atoms with Gasteiger partial charge in [0.2, 0.25) is 5.60 Å². The number of likely N-dealkylation sites (N-methyl/N-ethyl adjacent to an activating group) is 1. The van der Waals surface area contributed by atoms with E-state index < -0.39 is 18.7 Å². The SMILES string of the molecule is CN1CC(=O)C2(C1)OB(C#CCCl)OC2=O. The Kier molecular flexibility index (Phi) is 2.93. The summed E-state index contributed by atoms with van der Waals surface area (Å²) < 4.78 is 10.2. The third-order valence-corrected chi connectivity index (χ3v) is 2.63. The van der Waals surface area contributed by atoms with Crippen LogP contribution in [-0.2, 0) is 18.9 Å². The van der Waals surface area contributed by atoms with Crippen LogP contribution >= 0.6 is 11.6 Å². The predicted molar refractivity (Wildman–Crippen MR) is 56.7 cm³/mol. The number of alkyl halides is 1. The van der Waals surface area contributed by atoms with E-state index in [0.29, 0.717) is 0 Å². The zero-order valence-corrected chi connectivity index (χ0v) is 9.41. The summed E-state index contributed by atoms with van der Waals surface area (Å²) in [6, 6.07) is 0. The van der Waals surface area contributed by atoms with Crippen molar-refractivity contribution in [1.29, 1.82) is 0 Å². The summed E-state index contributed by atoms with van der Waals surface area (Å²) in [5, 5.41) is 0. The molecule has 0 aliphatic carbocycles. The van der Waals surface area contributed by atoms with Gasteiger partial charge < -0.3 is 9.31 Å². The molecule has 2 saturated heterocycles. The first-order valence-electron chi connectivity index (χ1n) is 4.73. The lowest BCUT2D eigenvalue weighted by molar-refractivity contribution is -0.148. The average Bonchev–Trinajstić information content (AvgIpc) is 2.67. The Morgan fingerprint density at radius 3 is 2.94 bits per heavy atom. The number of likely N-dealkylation sites (tertiary alicyclic amines) is 1. The third kappa shape index (κ3) is 1.71. The number of rotatable bonds is 0. The second kappa shape index (κ2) is 4.09. The van der Waals surface area contributed by atoms with Gasteiger partial charge in [0.25, 0.3) is 0 Å². The van der Waals surface area contributed by atoms with Gasteiger partial charge in [-0.1, -0.05) is 11.7 Å². The number of halogens is 1. The van der Waals surface area contributed by atoms with Crippen LogP contribution in [0.1, 0.15) is 0 Å². The Morgan fingerprint density at radius 2 is 2.38 bits per heavy atom. The lowest BCUT2D eigenvalue weighted by atomic mass is 9.92. The molecule has 84 valence electrons. The second-order valence-corrected chi connectivity index (χ2v) is 4.00. The van der Waals surface area contributed by atoms with Gasteiger partial charge in [0, 0.05) is 6.54 Å². The highest BCUT2D eigenvalue weighted by atomic mass is 35.5. The summed E-state index contributed by atoms with van der Waals surface area (Å²) in [6.07, 6.45) is 0. The number of ketones is 1. The van der Waals surface area contributed by atoms with Crippen molar-refractivity contribution in [2.75, 3.05) is 26.0 Å². The zero-order chi connectivity index (χ0) is 11.8. The molecule has 5 nitrogen and oxygen atoms in total. The van der Waals surface area contributed by atoms with Gasteiger partial charge in [-0.25, -0.2) is 0 Å². The molecule has 2 aliphatic rings. The fourth-order valence-corrected chi connectivity index (χ4v) is 1.88. The van der Waals surface area contributed by atoms with Crippen molar-refractivity contribution in [1.82, 2.24) is 4.90 Å². The predicted octanol–water partition coefficient (Wildman–Crippen LogP) is -0.917. The number of carbonyl (C=O) groups is 2. The van der Waals surface area contributed by atoms with E-state index in [0.717, 1.165) is 0 Å². The second-order valence-electron chi connectivity index (χ2n) is 3.73. The fraction of sp³-hybridized carbons (Fsp3) is 0.556. The summed E-state index contributed by atoms with van der Waals surface area (Å²) in [7, 11) is 0.753. The molecule has 0 N–H and O–H groups in total. The molecule has 7 heteroatoms. The molecule has 1 spiro atoms. The van der Waals surface area contributed by atoms with E-state index >= 15 is 0 Å². The van der Waals surface area contributed by atoms with E-state index in [9.17, 15) is 9.59 Å². The minimum absolute atomic E-state index is 0.123. The van der Waals surface area contributed by atoms with Gasteiger partial charge in [-0.3, -0.25) is 14.5 Å². The number of hydrogen-bond acceptors (Lipinski definition) is 5. The van der Waals surface area contributed by atoms with Crippen LogP contribution in [0, 0.1) is 11.7 Å². The van der Waals surface area contributed by atoms with Crippen LogP contribution in [0.5, 0.6) is 0 Å². The molecule has 0 aromatic rings. The molecule has 2 fully saturated rings. The molecule has 0 aromatic heterocycles. The van der Waals surface area contributed by atoms with Crippen LogP contribution in [0.15, 0.2) is 0 Å². The summed E-state index contributed by atoms with van der Waals surface area (Å²) in [6.45, 7) is 0.397. The maximum absolute atomic E-state index is 11.7. The van der Waals surface area contributed by atoms with Crippen LogP contribution in [0.25, 0.3) is 0 Å². The lowest BCUT2D eigenvalue weighted by Gasteiger charge is -2.15. The smallest absolute Gasteiger partial charge is 0.497 e. The first-order valence-corrected chi connectivity index (χ1v) is 5.27. The Morgan fingerprint density at radius 1 is 1.62 bits per heavy atom. The molecular weight excluding hydrogens is 232 g/mol. The van der Waals surface area contributed by atoms with Gasteiger partial charge in [-0.05, 0) is 7.05 Å². The van der Waals surface area contributed by atoms with Gasteiger partial charge in [0.15, 0.2) is 5.78 Å². The van der Waals surface area contributed by atoms with Crippen LogP contribution in [0.2, 0.25) is 0 Å². The van der Waals surface area contributed by atoms with E-state index in [1.807, 2.05) is 0 Å². The highest BCUT2D eigenvalue weighted by Crippen LogP contribution is 2.29. The molecule has 2 aliphatic heterocycles. The van der Waals surface area contributed by atoms with Gasteiger partial charge in [-0.15, -0.1) is 11.6 Å². The van der Waals surface area contributed by atoms with E-state index in [2.05, 4.69) is 11.7 Å². The van der Waals surface area contributed by atoms with E-state index in [1.54, 1.807) is 11.9 Å². The minimum Gasteiger partial charge on any atom is -0.497 e. The monoisotopic (exact) mass is 241 g/mol. The fourth-order valence-electron chi connectivity index (χ4n) is 1.81. The molecule has 0 radical (unpaired) electrons. The average molecular weight is 241 g/mol. The van der Waals surface area contributed by atoms with Crippen molar-refractivity contribution in [3.05, 3.63) is 0 Å². The molecule has 0 saturated carbocycles. The molecule has 16 heavy (non-hydrogen) atoms. The quantitative estimate of drug-likeness (QED) is 0.238. The normalized spacial score (nSPS) is 29.5. The first kappa shape index (κ1) is 11.5. The van der Waals surface area contributed by atoms with Crippen LogP contribution in [-0.4, -0.2) is 55.4 Å². The Labute approximate surface area is 98.2 Å². The van der Waals surface area contributed by atoms with Crippen LogP contribution in [0.4, 0.5) is 0 Å². The molecular formula is C9H9BClNO4. The van der Waals surface area contributed by atoms with Crippen molar-refractivity contribution in [2.45, 2.75) is 5.60 Å². The van der Waals surface area contributed by atoms with E-state index in [1.165, 1.54) is 0 Å². The van der Waals surface area contributed by atoms with Crippen molar-refractivity contribution in [3.8, 4) is 11.7 Å². The Balaban J connectivity index is 2.19. The minimum atomic E-state index is -1.47. The van der Waals surface area contributed by atoms with Crippen molar-refractivity contribution in [2.24, 2.45) is 0 Å². The number of nitrogens with zero attached hydrogens (tertiary/aromatic N) is 1. The lowest BCUT2D eigenvalue weighted by Crippen LogP contribution is -2.45. The number of Topliss-reactive ketones (excluding diaryl/α,β-unsaturated/α-hetero) is 1. The summed E-state index contributed by atoms with van der Waals surface area (Å²) in [5.41, 5.74) is -1.47. The Hall–Kier alpha value is -1.03. The van der Waals surface area contributed by atoms with Gasteiger partial charge in [0.1, 0.15) is 0 Å². The summed E-state index contributed by atoms with van der Waals surface area (Å²) in [5.74, 6) is 4.25. The van der Waals surface area contributed by atoms with E-state index in [-0.39, 0.29) is 24.8 Å². The van der Waals surface area contributed by atoms with Crippen LogP contribution < -0.4 is 0 Å². The van der Waals surface area contributed by atoms with Gasteiger partial charge in [0.05, 0.1) is 12.4 Å². The molecule has 2 heterocycles. The molecule has 2 rings (SSSR count). The maximum Gasteiger partial charge on any atom is 0.622 e. The number of hydrogen-bond donors (Lipinski definition) is 0. The molecule has 0 aromatic carbocycles. The van der Waals surface area contributed by atoms with Crippen molar-refractivity contribution in [3.63, 3.8) is 0 Å². The highest BCUT2D eigenvalue weighted by Gasteiger charge is 2.61. The van der Waals surface area contributed by atoms with Crippen LogP contribution in [0.3, 0.4) is 0 Å². The van der Waals surface area contributed by atoms with Crippen molar-refractivity contribution >= 4 is 30.5 Å². The highest BCUT2D eigenvalue weighted by molar-refractivity contribution is 6.59. The molecule has 1 atom stereocenters. The van der Waals surface area contributed by atoms with Gasteiger partial charge in [-0.2, -0.15) is 0 Å². The summed E-state index contributed by atoms with van der Waals surface area (Å²) >= 11 is 5.37. The zero-order valence-electron chi connectivity index (χ0n) is 8.66. The first-order chi connectivity index (χ1) is 7.58. The van der Waals surface area contributed by atoms with Crippen molar-refractivity contribution < 1.29 is 18.9 Å².